The molecule has 0 radical (unpaired) electrons. The smallest absolute Gasteiger partial charge is 0.325 e. The normalized spacial score (nSPS) is 18.9. The fourth-order valence-electron chi connectivity index (χ4n) is 3.25. The predicted octanol–water partition coefficient (Wildman–Crippen LogP) is 2.86. The first-order chi connectivity index (χ1) is 13.4. The van der Waals surface area contributed by atoms with Crippen molar-refractivity contribution in [3.05, 3.63) is 70.7 Å². The van der Waals surface area contributed by atoms with E-state index in [4.69, 9.17) is 11.6 Å². The minimum atomic E-state index is -1.29. The maximum absolute atomic E-state index is 12.8. The lowest BCUT2D eigenvalue weighted by atomic mass is 9.92. The van der Waals surface area contributed by atoms with E-state index in [-0.39, 0.29) is 12.5 Å². The van der Waals surface area contributed by atoms with Gasteiger partial charge in [-0.15, -0.1) is 0 Å². The average molecular weight is 400 g/mol. The summed E-state index contributed by atoms with van der Waals surface area (Å²) in [5, 5.41) is 5.80. The highest BCUT2D eigenvalue weighted by molar-refractivity contribution is 6.32. The van der Waals surface area contributed by atoms with Gasteiger partial charge in [0, 0.05) is 17.1 Å². The van der Waals surface area contributed by atoms with E-state index in [1.807, 2.05) is 30.3 Å². The number of carbonyl (C=O) groups is 3. The third-order valence-electron chi connectivity index (χ3n) is 4.80. The van der Waals surface area contributed by atoms with Crippen LogP contribution < -0.4 is 10.6 Å². The first kappa shape index (κ1) is 19.9. The summed E-state index contributed by atoms with van der Waals surface area (Å²) in [6.45, 7) is 1.74. The molecule has 0 aliphatic carbocycles. The van der Waals surface area contributed by atoms with Crippen LogP contribution in [0.2, 0.25) is 5.02 Å². The highest BCUT2D eigenvalue weighted by Gasteiger charge is 2.50. The maximum Gasteiger partial charge on any atom is 0.325 e. The number of halogens is 1. The van der Waals surface area contributed by atoms with Crippen LogP contribution in [-0.4, -0.2) is 35.8 Å². The number of benzene rings is 2. The van der Waals surface area contributed by atoms with Crippen molar-refractivity contribution < 1.29 is 14.4 Å². The van der Waals surface area contributed by atoms with E-state index in [1.54, 1.807) is 31.2 Å². The van der Waals surface area contributed by atoms with Gasteiger partial charge < -0.3 is 10.6 Å². The summed E-state index contributed by atoms with van der Waals surface area (Å²) in [7, 11) is 0. The number of imide groups is 1. The molecule has 0 spiro atoms. The molecule has 2 aromatic rings. The van der Waals surface area contributed by atoms with Gasteiger partial charge in [-0.05, 0) is 31.4 Å². The number of hydrogen-bond donors (Lipinski definition) is 2. The zero-order valence-corrected chi connectivity index (χ0v) is 16.3. The van der Waals surface area contributed by atoms with Gasteiger partial charge in [0.25, 0.3) is 5.91 Å². The molecule has 1 heterocycles. The fraction of sp³-hybridized carbons (Fsp3) is 0.286. The van der Waals surface area contributed by atoms with Gasteiger partial charge in [-0.1, -0.05) is 60.1 Å². The third kappa shape index (κ3) is 4.17. The monoisotopic (exact) mass is 399 g/mol. The maximum atomic E-state index is 12.8. The molecule has 1 aliphatic heterocycles. The second-order valence-corrected chi connectivity index (χ2v) is 7.27. The summed E-state index contributed by atoms with van der Waals surface area (Å²) in [4.78, 5) is 38.3. The van der Waals surface area contributed by atoms with Crippen LogP contribution in [0.4, 0.5) is 4.79 Å². The lowest BCUT2D eigenvalue weighted by Gasteiger charge is -2.23. The van der Waals surface area contributed by atoms with Crippen molar-refractivity contribution in [2.45, 2.75) is 25.3 Å². The summed E-state index contributed by atoms with van der Waals surface area (Å²) in [6.07, 6.45) is 1.61. The van der Waals surface area contributed by atoms with Crippen molar-refractivity contribution in [1.29, 1.82) is 0 Å². The summed E-state index contributed by atoms with van der Waals surface area (Å²) in [6, 6.07) is 16.2. The van der Waals surface area contributed by atoms with E-state index >= 15 is 0 Å². The standard InChI is InChI=1S/C21H22ClN3O3/c1-21(16-11-5-6-12-17(16)22)19(27)25(20(28)24-21)14-18(26)23-13-7-10-15-8-3-2-4-9-15/h2-6,8-9,11-12H,7,10,13-14H2,1H3,(H,23,26)(H,24,28)/t21-/m1/s1. The highest BCUT2D eigenvalue weighted by atomic mass is 35.5. The number of aryl methyl sites for hydroxylation is 1. The summed E-state index contributed by atoms with van der Waals surface area (Å²) in [5.74, 6) is -0.870. The molecule has 3 rings (SSSR count). The van der Waals surface area contributed by atoms with Crippen molar-refractivity contribution >= 4 is 29.4 Å². The van der Waals surface area contributed by atoms with Gasteiger partial charge in [-0.25, -0.2) is 4.79 Å². The van der Waals surface area contributed by atoms with Crippen molar-refractivity contribution in [1.82, 2.24) is 15.5 Å². The first-order valence-corrected chi connectivity index (χ1v) is 9.49. The molecule has 0 bridgehead atoms. The lowest BCUT2D eigenvalue weighted by molar-refractivity contribution is -0.134. The molecule has 2 aromatic carbocycles. The number of urea groups is 1. The highest BCUT2D eigenvalue weighted by Crippen LogP contribution is 2.33. The van der Waals surface area contributed by atoms with Gasteiger partial charge in [-0.3, -0.25) is 14.5 Å². The van der Waals surface area contributed by atoms with Crippen molar-refractivity contribution in [3.63, 3.8) is 0 Å². The molecule has 2 N–H and O–H groups in total. The molecule has 0 saturated carbocycles. The summed E-state index contributed by atoms with van der Waals surface area (Å²) < 4.78 is 0. The quantitative estimate of drug-likeness (QED) is 0.555. The summed E-state index contributed by atoms with van der Waals surface area (Å²) >= 11 is 6.19. The minimum absolute atomic E-state index is 0.323. The largest absolute Gasteiger partial charge is 0.355 e. The number of hydrogen-bond acceptors (Lipinski definition) is 3. The van der Waals surface area contributed by atoms with Crippen LogP contribution in [0.15, 0.2) is 54.6 Å². The Balaban J connectivity index is 1.55. The molecule has 146 valence electrons. The number of nitrogens with one attached hydrogen (secondary N) is 2. The molecule has 7 heteroatoms. The van der Waals surface area contributed by atoms with E-state index in [9.17, 15) is 14.4 Å². The number of rotatable bonds is 7. The predicted molar refractivity (Wildman–Crippen MR) is 107 cm³/mol. The van der Waals surface area contributed by atoms with E-state index in [2.05, 4.69) is 10.6 Å². The molecule has 1 aliphatic rings. The van der Waals surface area contributed by atoms with Crippen LogP contribution in [0.1, 0.15) is 24.5 Å². The minimum Gasteiger partial charge on any atom is -0.355 e. The van der Waals surface area contributed by atoms with Crippen LogP contribution in [0.5, 0.6) is 0 Å². The Kier molecular flexibility index (Phi) is 5.99. The molecular weight excluding hydrogens is 378 g/mol. The zero-order valence-electron chi connectivity index (χ0n) is 15.6. The molecule has 0 aromatic heterocycles. The third-order valence-corrected chi connectivity index (χ3v) is 5.13. The molecule has 6 nitrogen and oxygen atoms in total. The van der Waals surface area contributed by atoms with Gasteiger partial charge >= 0.3 is 6.03 Å². The number of nitrogens with zero attached hydrogens (tertiary/aromatic N) is 1. The van der Waals surface area contributed by atoms with Crippen LogP contribution in [-0.2, 0) is 21.5 Å². The molecule has 28 heavy (non-hydrogen) atoms. The van der Waals surface area contributed by atoms with Gasteiger partial charge in [0.15, 0.2) is 0 Å². The van der Waals surface area contributed by atoms with Crippen LogP contribution in [0, 0.1) is 0 Å². The first-order valence-electron chi connectivity index (χ1n) is 9.11. The van der Waals surface area contributed by atoms with Crippen LogP contribution in [0.25, 0.3) is 0 Å². The molecule has 1 fully saturated rings. The Hall–Kier alpha value is -2.86. The van der Waals surface area contributed by atoms with Gasteiger partial charge in [0.05, 0.1) is 0 Å². The second-order valence-electron chi connectivity index (χ2n) is 6.87. The Bertz CT molecular complexity index is 887. The topological polar surface area (TPSA) is 78.5 Å². The fourth-order valence-corrected chi connectivity index (χ4v) is 3.58. The summed E-state index contributed by atoms with van der Waals surface area (Å²) in [5.41, 5.74) is 0.408. The Morgan fingerprint density at radius 3 is 2.50 bits per heavy atom. The lowest BCUT2D eigenvalue weighted by Crippen LogP contribution is -2.43. The average Bonchev–Trinajstić information content (AvgIpc) is 2.90. The molecule has 0 unspecified atom stereocenters. The van der Waals surface area contributed by atoms with Crippen molar-refractivity contribution in [2.75, 3.05) is 13.1 Å². The van der Waals surface area contributed by atoms with Gasteiger partial charge in [0.1, 0.15) is 12.1 Å². The zero-order chi connectivity index (χ0) is 20.1. The van der Waals surface area contributed by atoms with Crippen LogP contribution >= 0.6 is 11.6 Å². The van der Waals surface area contributed by atoms with E-state index in [0.717, 1.165) is 17.7 Å². The Morgan fingerprint density at radius 2 is 1.79 bits per heavy atom. The van der Waals surface area contributed by atoms with E-state index < -0.39 is 17.5 Å². The van der Waals surface area contributed by atoms with Crippen LogP contribution in [0.3, 0.4) is 0 Å². The molecule has 4 amide bonds. The molecule has 1 saturated heterocycles. The Morgan fingerprint density at radius 1 is 1.11 bits per heavy atom. The van der Waals surface area contributed by atoms with Crippen molar-refractivity contribution in [2.24, 2.45) is 0 Å². The Labute approximate surface area is 168 Å². The second kappa shape index (κ2) is 8.44. The molecular formula is C21H22ClN3O3. The molecule has 1 atom stereocenters. The van der Waals surface area contributed by atoms with Gasteiger partial charge in [0.2, 0.25) is 5.91 Å². The van der Waals surface area contributed by atoms with Gasteiger partial charge in [-0.2, -0.15) is 0 Å². The number of carbonyl (C=O) groups excluding carboxylic acids is 3. The van der Waals surface area contributed by atoms with Crippen molar-refractivity contribution in [3.8, 4) is 0 Å². The SMILES string of the molecule is C[C@]1(c2ccccc2Cl)NC(=O)N(CC(=O)NCCCc2ccccc2)C1=O. The van der Waals surface area contributed by atoms with E-state index in [0.29, 0.717) is 17.1 Å². The number of amides is 4. The van der Waals surface area contributed by atoms with E-state index in [1.165, 1.54) is 5.56 Å².